The van der Waals surface area contributed by atoms with E-state index in [0.717, 1.165) is 0 Å². The molecule has 1 heterocycles. The van der Waals surface area contributed by atoms with E-state index in [-0.39, 0.29) is 16.8 Å². The van der Waals surface area contributed by atoms with Gasteiger partial charge in [0.15, 0.2) is 0 Å². The van der Waals surface area contributed by atoms with Gasteiger partial charge in [-0.25, -0.2) is 9.37 Å². The summed E-state index contributed by atoms with van der Waals surface area (Å²) in [6.45, 7) is 0.937. The van der Waals surface area contributed by atoms with E-state index in [0.29, 0.717) is 22.4 Å². The van der Waals surface area contributed by atoms with Crippen LogP contribution < -0.4 is 10.5 Å². The van der Waals surface area contributed by atoms with Crippen LogP contribution in [0, 0.1) is 5.82 Å². The number of allylic oxidation sites excluding steroid dienone is 1. The number of ether oxygens (including phenoxy) is 1. The summed E-state index contributed by atoms with van der Waals surface area (Å²) in [4.78, 5) is 4.36. The molecular weight excluding hydrogens is 411 g/mol. The van der Waals surface area contributed by atoms with Gasteiger partial charge in [-0.2, -0.15) is 8.78 Å². The van der Waals surface area contributed by atoms with Crippen LogP contribution in [0.3, 0.4) is 0 Å². The highest BCUT2D eigenvalue weighted by Gasteiger charge is 2.22. The number of aromatic nitrogens is 2. The van der Waals surface area contributed by atoms with Gasteiger partial charge < -0.3 is 15.0 Å². The molecule has 4 nitrogen and oxygen atoms in total. The van der Waals surface area contributed by atoms with Crippen molar-refractivity contribution in [1.82, 2.24) is 9.55 Å². The minimum absolute atomic E-state index is 0.0263. The zero-order chi connectivity index (χ0) is 18.8. The number of nitrogens with two attached hydrogens (primary N) is 1. The number of fused-ring (bicyclic) bond motifs is 1. The van der Waals surface area contributed by atoms with Crippen LogP contribution in [0.5, 0.6) is 5.75 Å². The Morgan fingerprint density at radius 1 is 1.31 bits per heavy atom. The molecule has 0 aliphatic carbocycles. The van der Waals surface area contributed by atoms with Gasteiger partial charge in [0.1, 0.15) is 17.4 Å². The molecule has 0 aliphatic heterocycles. The molecule has 0 bridgehead atoms. The van der Waals surface area contributed by atoms with Crippen molar-refractivity contribution in [3.05, 3.63) is 70.7 Å². The van der Waals surface area contributed by atoms with Crippen LogP contribution in [-0.4, -0.2) is 16.2 Å². The number of imidazole rings is 1. The number of benzene rings is 2. The Bertz CT molecular complexity index is 958. The molecule has 26 heavy (non-hydrogen) atoms. The third-order valence-electron chi connectivity index (χ3n) is 3.94. The molecule has 0 saturated carbocycles. The fourth-order valence-electron chi connectivity index (χ4n) is 2.89. The topological polar surface area (TPSA) is 53.1 Å². The van der Waals surface area contributed by atoms with Gasteiger partial charge in [0, 0.05) is 11.6 Å². The third-order valence-corrected chi connectivity index (χ3v) is 4.55. The number of halogens is 4. The van der Waals surface area contributed by atoms with Crippen molar-refractivity contribution >= 4 is 27.0 Å². The quantitative estimate of drug-likeness (QED) is 0.578. The summed E-state index contributed by atoms with van der Waals surface area (Å²) >= 11 is 3.16. The number of hydrogen-bond acceptors (Lipinski definition) is 3. The Kier molecular flexibility index (Phi) is 5.33. The predicted molar refractivity (Wildman–Crippen MR) is 96.7 cm³/mol. The molecule has 2 N–H and O–H groups in total. The fraction of sp³-hybridized carbons (Fsp3) is 0.167. The van der Waals surface area contributed by atoms with E-state index in [1.165, 1.54) is 12.1 Å². The Labute approximate surface area is 156 Å². The van der Waals surface area contributed by atoms with E-state index in [2.05, 4.69) is 32.2 Å². The van der Waals surface area contributed by atoms with Gasteiger partial charge in [-0.1, -0.05) is 24.3 Å². The maximum Gasteiger partial charge on any atom is 0.387 e. The van der Waals surface area contributed by atoms with E-state index >= 15 is 0 Å². The van der Waals surface area contributed by atoms with Crippen molar-refractivity contribution in [3.63, 3.8) is 0 Å². The molecule has 0 spiro atoms. The first-order valence-corrected chi connectivity index (χ1v) is 8.47. The number of alkyl halides is 2. The Morgan fingerprint density at radius 2 is 2.04 bits per heavy atom. The van der Waals surface area contributed by atoms with Crippen LogP contribution in [0.15, 0.2) is 53.5 Å². The molecule has 0 saturated heterocycles. The zero-order valence-electron chi connectivity index (χ0n) is 13.5. The molecule has 8 heteroatoms. The van der Waals surface area contributed by atoms with Gasteiger partial charge >= 0.3 is 6.61 Å². The van der Waals surface area contributed by atoms with Gasteiger partial charge in [0.25, 0.3) is 0 Å². The molecule has 3 rings (SSSR count). The molecule has 0 aliphatic rings. The second-order valence-electron chi connectivity index (χ2n) is 5.45. The van der Waals surface area contributed by atoms with Crippen molar-refractivity contribution < 1.29 is 17.9 Å². The lowest BCUT2D eigenvalue weighted by molar-refractivity contribution is -0.0505. The lowest BCUT2D eigenvalue weighted by atomic mass is 10.0. The monoisotopic (exact) mass is 425 g/mol. The highest BCUT2D eigenvalue weighted by Crippen LogP contribution is 2.34. The van der Waals surface area contributed by atoms with Crippen LogP contribution in [0.2, 0.25) is 0 Å². The first kappa shape index (κ1) is 18.5. The summed E-state index contributed by atoms with van der Waals surface area (Å²) in [5.74, 6) is 0.0370. The lowest BCUT2D eigenvalue weighted by Crippen LogP contribution is -2.16. The smallest absolute Gasteiger partial charge is 0.387 e. The van der Waals surface area contributed by atoms with E-state index in [4.69, 9.17) is 5.73 Å². The van der Waals surface area contributed by atoms with E-state index < -0.39 is 18.5 Å². The molecule has 1 aromatic heterocycles. The SMILES string of the molecule is C=CC(c1ccccc1OC(F)F)n1c(CN)nc2cc(F)c(Br)cc21. The molecule has 0 fully saturated rings. The highest BCUT2D eigenvalue weighted by atomic mass is 79.9. The average molecular weight is 426 g/mol. The summed E-state index contributed by atoms with van der Waals surface area (Å²) in [5.41, 5.74) is 7.28. The second kappa shape index (κ2) is 7.51. The summed E-state index contributed by atoms with van der Waals surface area (Å²) < 4.78 is 46.0. The second-order valence-corrected chi connectivity index (χ2v) is 6.31. The molecule has 0 amide bonds. The van der Waals surface area contributed by atoms with E-state index in [1.54, 1.807) is 34.9 Å². The third kappa shape index (κ3) is 3.34. The van der Waals surface area contributed by atoms with Crippen LogP contribution >= 0.6 is 15.9 Å². The first-order valence-electron chi connectivity index (χ1n) is 7.68. The predicted octanol–water partition coefficient (Wildman–Crippen LogP) is 4.77. The largest absolute Gasteiger partial charge is 0.434 e. The van der Waals surface area contributed by atoms with Gasteiger partial charge in [0.2, 0.25) is 0 Å². The van der Waals surface area contributed by atoms with Crippen molar-refractivity contribution in [2.24, 2.45) is 5.73 Å². The Morgan fingerprint density at radius 3 is 2.69 bits per heavy atom. The number of nitrogens with zero attached hydrogens (tertiary/aromatic N) is 2. The molecule has 136 valence electrons. The minimum Gasteiger partial charge on any atom is -0.434 e. The summed E-state index contributed by atoms with van der Waals surface area (Å²) in [5, 5.41) is 0. The van der Waals surface area contributed by atoms with Crippen molar-refractivity contribution in [2.45, 2.75) is 19.2 Å². The van der Waals surface area contributed by atoms with Gasteiger partial charge in [-0.15, -0.1) is 6.58 Å². The van der Waals surface area contributed by atoms with Crippen molar-refractivity contribution in [2.75, 3.05) is 0 Å². The van der Waals surface area contributed by atoms with Crippen LogP contribution in [0.1, 0.15) is 17.4 Å². The summed E-state index contributed by atoms with van der Waals surface area (Å²) in [6.07, 6.45) is 1.57. The van der Waals surface area contributed by atoms with Gasteiger partial charge in [-0.05, 0) is 28.1 Å². The lowest BCUT2D eigenvalue weighted by Gasteiger charge is -2.21. The van der Waals surface area contributed by atoms with Crippen molar-refractivity contribution in [1.29, 1.82) is 0 Å². The van der Waals surface area contributed by atoms with E-state index in [9.17, 15) is 13.2 Å². The number of para-hydroxylation sites is 1. The highest BCUT2D eigenvalue weighted by molar-refractivity contribution is 9.10. The van der Waals surface area contributed by atoms with Crippen LogP contribution in [-0.2, 0) is 6.54 Å². The molecular formula is C18H15BrF3N3O. The summed E-state index contributed by atoms with van der Waals surface area (Å²) in [6, 6.07) is 8.71. The van der Waals surface area contributed by atoms with E-state index in [1.807, 2.05) is 0 Å². The molecule has 0 radical (unpaired) electrons. The first-order chi connectivity index (χ1) is 12.5. The van der Waals surface area contributed by atoms with Crippen LogP contribution in [0.4, 0.5) is 13.2 Å². The van der Waals surface area contributed by atoms with Crippen LogP contribution in [0.25, 0.3) is 11.0 Å². The summed E-state index contributed by atoms with van der Waals surface area (Å²) in [7, 11) is 0. The average Bonchev–Trinajstić information content (AvgIpc) is 2.94. The molecule has 1 atom stereocenters. The van der Waals surface area contributed by atoms with Gasteiger partial charge in [-0.3, -0.25) is 0 Å². The molecule has 2 aromatic carbocycles. The van der Waals surface area contributed by atoms with Gasteiger partial charge in [0.05, 0.1) is 28.1 Å². The molecule has 1 unspecified atom stereocenters. The maximum atomic E-state index is 13.9. The normalized spacial score (nSPS) is 12.5. The number of hydrogen-bond donors (Lipinski definition) is 1. The Hall–Kier alpha value is -2.32. The van der Waals surface area contributed by atoms with Crippen molar-refractivity contribution in [3.8, 4) is 5.75 Å². The molecule has 3 aromatic rings. The fourth-order valence-corrected chi connectivity index (χ4v) is 3.23. The Balaban J connectivity index is 2.24. The standard InChI is InChI=1S/C18H15BrF3N3O/c1-2-14(10-5-3-4-6-16(10)26-18(21)22)25-15-7-11(19)12(20)8-13(15)24-17(25)9-23/h2-8,14,18H,1,9,23H2. The zero-order valence-corrected chi connectivity index (χ0v) is 15.1. The maximum absolute atomic E-state index is 13.9. The minimum atomic E-state index is -2.96. The number of rotatable bonds is 6.